The number of halogens is 1. The Morgan fingerprint density at radius 3 is 2.83 bits per heavy atom. The van der Waals surface area contributed by atoms with Gasteiger partial charge in [0.25, 0.3) is 5.91 Å². The van der Waals surface area contributed by atoms with Crippen molar-refractivity contribution >= 4 is 12.1 Å². The molecule has 0 aliphatic rings. The minimum atomic E-state index is -0.762. The van der Waals surface area contributed by atoms with Crippen molar-refractivity contribution in [2.24, 2.45) is 5.10 Å². The third-order valence-electron chi connectivity index (χ3n) is 3.87. The second kappa shape index (κ2) is 9.41. The number of carbonyl (C=O) groups is 1. The first-order chi connectivity index (χ1) is 14.5. The number of aromatic nitrogens is 3. The highest BCUT2D eigenvalue weighted by Gasteiger charge is 2.12. The van der Waals surface area contributed by atoms with Gasteiger partial charge in [-0.25, -0.2) is 15.4 Å². The molecule has 2 heterocycles. The number of aromatic hydroxyl groups is 1. The van der Waals surface area contributed by atoms with Crippen molar-refractivity contribution in [1.82, 2.24) is 20.4 Å². The summed E-state index contributed by atoms with van der Waals surface area (Å²) in [5.41, 5.74) is 2.91. The van der Waals surface area contributed by atoms with Crippen LogP contribution in [0.1, 0.15) is 23.0 Å². The smallest absolute Gasteiger partial charge is 0.291 e. The van der Waals surface area contributed by atoms with Crippen LogP contribution in [0, 0.1) is 5.95 Å². The van der Waals surface area contributed by atoms with E-state index >= 15 is 0 Å². The van der Waals surface area contributed by atoms with Crippen molar-refractivity contribution in [3.63, 3.8) is 0 Å². The predicted octanol–water partition coefficient (Wildman–Crippen LogP) is 2.55. The molecule has 2 N–H and O–H groups in total. The molecule has 3 aromatic rings. The molecule has 30 heavy (non-hydrogen) atoms. The lowest BCUT2D eigenvalue weighted by atomic mass is 10.1. The quantitative estimate of drug-likeness (QED) is 0.348. The summed E-state index contributed by atoms with van der Waals surface area (Å²) >= 11 is 0. The van der Waals surface area contributed by atoms with Crippen molar-refractivity contribution in [3.05, 3.63) is 60.1 Å². The number of rotatable bonds is 7. The normalized spacial score (nSPS) is 10.8. The van der Waals surface area contributed by atoms with Gasteiger partial charge >= 0.3 is 0 Å². The first-order valence-corrected chi connectivity index (χ1v) is 8.83. The lowest BCUT2D eigenvalue weighted by Crippen LogP contribution is -2.19. The fourth-order valence-corrected chi connectivity index (χ4v) is 2.45. The van der Waals surface area contributed by atoms with Gasteiger partial charge in [-0.2, -0.15) is 9.49 Å². The zero-order valence-electron chi connectivity index (χ0n) is 16.2. The van der Waals surface area contributed by atoms with Gasteiger partial charge in [-0.15, -0.1) is 0 Å². The number of ether oxygens (including phenoxy) is 2. The number of hydrogen-bond acceptors (Lipinski definition) is 8. The Morgan fingerprint density at radius 2 is 2.10 bits per heavy atom. The minimum absolute atomic E-state index is 0.0359. The number of amides is 1. The third-order valence-corrected chi connectivity index (χ3v) is 3.87. The van der Waals surface area contributed by atoms with Gasteiger partial charge in [-0.05, 0) is 25.1 Å². The molecule has 3 rings (SSSR count). The molecule has 154 valence electrons. The lowest BCUT2D eigenvalue weighted by molar-refractivity contribution is 0.0950. The summed E-state index contributed by atoms with van der Waals surface area (Å²) in [6.45, 7) is 2.30. The first kappa shape index (κ1) is 20.6. The van der Waals surface area contributed by atoms with Gasteiger partial charge in [0.05, 0.1) is 49.8 Å². The SMILES string of the molecule is CCOc1ccc(-c2cncc(C(=O)N/N=C/c3cc(OC)cnc3F)n2)c(O)c1. The van der Waals surface area contributed by atoms with Gasteiger partial charge in [0.2, 0.25) is 5.95 Å². The Balaban J connectivity index is 1.75. The van der Waals surface area contributed by atoms with Crippen LogP contribution in [0.2, 0.25) is 0 Å². The van der Waals surface area contributed by atoms with Crippen LogP contribution < -0.4 is 14.9 Å². The fourth-order valence-electron chi connectivity index (χ4n) is 2.45. The molecule has 0 radical (unpaired) electrons. The maximum Gasteiger partial charge on any atom is 0.291 e. The molecule has 0 bridgehead atoms. The number of benzene rings is 1. The summed E-state index contributed by atoms with van der Waals surface area (Å²) in [6.07, 6.45) is 4.97. The van der Waals surface area contributed by atoms with E-state index in [1.54, 1.807) is 12.1 Å². The van der Waals surface area contributed by atoms with Crippen LogP contribution in [0.5, 0.6) is 17.2 Å². The van der Waals surface area contributed by atoms with Crippen molar-refractivity contribution in [1.29, 1.82) is 0 Å². The van der Waals surface area contributed by atoms with Crippen molar-refractivity contribution in [2.45, 2.75) is 6.92 Å². The van der Waals surface area contributed by atoms with E-state index in [0.717, 1.165) is 6.21 Å². The number of hydrogen-bond donors (Lipinski definition) is 2. The van der Waals surface area contributed by atoms with Crippen molar-refractivity contribution in [2.75, 3.05) is 13.7 Å². The van der Waals surface area contributed by atoms with E-state index < -0.39 is 11.9 Å². The molecule has 10 heteroatoms. The van der Waals surface area contributed by atoms with Gasteiger partial charge in [0.15, 0.2) is 0 Å². The van der Waals surface area contributed by atoms with Crippen molar-refractivity contribution < 1.29 is 23.8 Å². The van der Waals surface area contributed by atoms with E-state index in [0.29, 0.717) is 23.7 Å². The Hall–Kier alpha value is -4.08. The number of nitrogens with zero attached hydrogens (tertiary/aromatic N) is 4. The topological polar surface area (TPSA) is 119 Å². The monoisotopic (exact) mass is 411 g/mol. The zero-order valence-corrected chi connectivity index (χ0v) is 16.2. The van der Waals surface area contributed by atoms with Crippen LogP contribution in [-0.2, 0) is 0 Å². The molecule has 0 fully saturated rings. The maximum atomic E-state index is 13.7. The van der Waals surface area contributed by atoms with Crippen LogP contribution in [-0.4, -0.2) is 45.9 Å². The van der Waals surface area contributed by atoms with Crippen LogP contribution in [0.3, 0.4) is 0 Å². The lowest BCUT2D eigenvalue weighted by Gasteiger charge is -2.08. The number of nitrogens with one attached hydrogen (secondary N) is 1. The van der Waals surface area contributed by atoms with Crippen LogP contribution in [0.25, 0.3) is 11.3 Å². The molecule has 0 saturated heterocycles. The van der Waals surface area contributed by atoms with E-state index in [1.165, 1.54) is 37.8 Å². The van der Waals surface area contributed by atoms with Crippen molar-refractivity contribution in [3.8, 4) is 28.5 Å². The van der Waals surface area contributed by atoms with E-state index in [9.17, 15) is 14.3 Å². The van der Waals surface area contributed by atoms with Gasteiger partial charge in [-0.1, -0.05) is 0 Å². The Morgan fingerprint density at radius 1 is 1.27 bits per heavy atom. The van der Waals surface area contributed by atoms with E-state index in [1.807, 2.05) is 6.92 Å². The van der Waals surface area contributed by atoms with Gasteiger partial charge in [0, 0.05) is 11.6 Å². The van der Waals surface area contributed by atoms with E-state index in [-0.39, 0.29) is 22.7 Å². The Labute approximate surface area is 171 Å². The average molecular weight is 411 g/mol. The number of carbonyl (C=O) groups excluding carboxylic acids is 1. The maximum absolute atomic E-state index is 13.7. The standard InChI is InChI=1S/C20H18FN5O4/c1-3-30-13-4-5-15(18(27)7-13)16-10-22-11-17(25-16)20(28)26-24-8-12-6-14(29-2)9-23-19(12)21/h4-11,27H,3H2,1-2H3,(H,26,28)/b24-8+. The Kier molecular flexibility index (Phi) is 6.48. The molecular weight excluding hydrogens is 393 g/mol. The van der Waals surface area contributed by atoms with Crippen LogP contribution in [0.4, 0.5) is 4.39 Å². The molecule has 1 amide bonds. The first-order valence-electron chi connectivity index (χ1n) is 8.83. The minimum Gasteiger partial charge on any atom is -0.507 e. The van der Waals surface area contributed by atoms with Crippen LogP contribution >= 0.6 is 0 Å². The molecule has 0 aliphatic carbocycles. The number of hydrazone groups is 1. The summed E-state index contributed by atoms with van der Waals surface area (Å²) < 4.78 is 24.0. The fraction of sp³-hybridized carbons (Fsp3) is 0.150. The summed E-state index contributed by atoms with van der Waals surface area (Å²) in [7, 11) is 1.42. The highest BCUT2D eigenvalue weighted by molar-refractivity contribution is 5.93. The second-order valence-corrected chi connectivity index (χ2v) is 5.86. The molecule has 2 aromatic heterocycles. The molecule has 0 atom stereocenters. The number of phenols is 1. The van der Waals surface area contributed by atoms with E-state index in [4.69, 9.17) is 9.47 Å². The molecular formula is C20H18FN5O4. The highest BCUT2D eigenvalue weighted by Crippen LogP contribution is 2.31. The Bertz CT molecular complexity index is 1090. The number of phenolic OH excluding ortho intramolecular Hbond substituents is 1. The van der Waals surface area contributed by atoms with Gasteiger partial charge in [-0.3, -0.25) is 9.78 Å². The highest BCUT2D eigenvalue weighted by atomic mass is 19.1. The largest absolute Gasteiger partial charge is 0.507 e. The molecule has 0 spiro atoms. The molecule has 0 unspecified atom stereocenters. The average Bonchev–Trinajstić information content (AvgIpc) is 2.75. The van der Waals surface area contributed by atoms with Gasteiger partial charge < -0.3 is 14.6 Å². The molecule has 0 saturated carbocycles. The number of methoxy groups -OCH3 is 1. The van der Waals surface area contributed by atoms with Gasteiger partial charge in [0.1, 0.15) is 22.9 Å². The predicted molar refractivity (Wildman–Crippen MR) is 106 cm³/mol. The summed E-state index contributed by atoms with van der Waals surface area (Å²) in [5.74, 6) is -0.636. The summed E-state index contributed by atoms with van der Waals surface area (Å²) in [4.78, 5) is 24.0. The molecule has 0 aliphatic heterocycles. The number of pyridine rings is 1. The third kappa shape index (κ3) is 4.85. The summed E-state index contributed by atoms with van der Waals surface area (Å²) in [6, 6.07) is 6.12. The summed E-state index contributed by atoms with van der Waals surface area (Å²) in [5, 5.41) is 13.9. The molecule has 1 aromatic carbocycles. The van der Waals surface area contributed by atoms with E-state index in [2.05, 4.69) is 25.5 Å². The molecule has 9 nitrogen and oxygen atoms in total. The zero-order chi connectivity index (χ0) is 21.5. The van der Waals surface area contributed by atoms with Crippen LogP contribution in [0.15, 0.2) is 48.0 Å². The second-order valence-electron chi connectivity index (χ2n) is 5.86.